The van der Waals surface area contributed by atoms with E-state index in [0.717, 1.165) is 3.57 Å². The highest BCUT2D eigenvalue weighted by molar-refractivity contribution is 14.1. The Morgan fingerprint density at radius 3 is 2.43 bits per heavy atom. The number of thioether (sulfide) groups is 1. The van der Waals surface area contributed by atoms with Crippen molar-refractivity contribution in [1.29, 1.82) is 0 Å². The minimum absolute atomic E-state index is 0.0422. The summed E-state index contributed by atoms with van der Waals surface area (Å²) in [7, 11) is 0. The number of benzene rings is 1. The van der Waals surface area contributed by atoms with E-state index in [9.17, 15) is 4.79 Å². The number of carbonyl (C=O) groups is 1. The van der Waals surface area contributed by atoms with Gasteiger partial charge in [-0.05, 0) is 66.0 Å². The van der Waals surface area contributed by atoms with E-state index in [1.807, 2.05) is 35.4 Å². The van der Waals surface area contributed by atoms with E-state index < -0.39 is 0 Å². The van der Waals surface area contributed by atoms with Crippen LogP contribution in [0.3, 0.4) is 0 Å². The van der Waals surface area contributed by atoms with E-state index in [1.165, 1.54) is 0 Å². The zero-order valence-corrected chi connectivity index (χ0v) is 14.7. The molecule has 5 nitrogen and oxygen atoms in total. The van der Waals surface area contributed by atoms with Gasteiger partial charge in [0.15, 0.2) is 5.84 Å². The molecule has 1 amide bonds. The van der Waals surface area contributed by atoms with Crippen LogP contribution >= 0.6 is 34.4 Å². The first-order valence-electron chi connectivity index (χ1n) is 6.60. The molecule has 7 heteroatoms. The van der Waals surface area contributed by atoms with Gasteiger partial charge in [0, 0.05) is 22.2 Å². The number of amides is 1. The van der Waals surface area contributed by atoms with E-state index in [0.29, 0.717) is 31.5 Å². The molecule has 0 radical (unpaired) electrons. The Balaban J connectivity index is 2.07. The summed E-state index contributed by atoms with van der Waals surface area (Å²) < 4.78 is 0.744. The first-order chi connectivity index (χ1) is 10.0. The zero-order chi connectivity index (χ0) is 15.5. The van der Waals surface area contributed by atoms with Crippen molar-refractivity contribution in [2.75, 3.05) is 19.3 Å². The van der Waals surface area contributed by atoms with Crippen molar-refractivity contribution < 1.29 is 10.0 Å². The van der Waals surface area contributed by atoms with Crippen LogP contribution < -0.4 is 5.73 Å². The van der Waals surface area contributed by atoms with Gasteiger partial charge in [-0.3, -0.25) is 4.79 Å². The molecule has 0 unspecified atom stereocenters. The largest absolute Gasteiger partial charge is 0.409 e. The summed E-state index contributed by atoms with van der Waals surface area (Å²) in [6.07, 6.45) is 3.34. The van der Waals surface area contributed by atoms with Gasteiger partial charge in [-0.1, -0.05) is 5.16 Å². The van der Waals surface area contributed by atoms with Crippen LogP contribution in [0.15, 0.2) is 29.4 Å². The van der Waals surface area contributed by atoms with E-state index >= 15 is 0 Å². The predicted molar refractivity (Wildman–Crippen MR) is 94.0 cm³/mol. The van der Waals surface area contributed by atoms with Gasteiger partial charge in [0.1, 0.15) is 0 Å². The van der Waals surface area contributed by atoms with Gasteiger partial charge in [-0.15, -0.1) is 0 Å². The fourth-order valence-corrected chi connectivity index (χ4v) is 3.70. The lowest BCUT2D eigenvalue weighted by Crippen LogP contribution is -2.51. The van der Waals surface area contributed by atoms with Crippen LogP contribution in [0.25, 0.3) is 0 Å². The highest BCUT2D eigenvalue weighted by atomic mass is 127. The first kappa shape index (κ1) is 16.4. The highest BCUT2D eigenvalue weighted by Crippen LogP contribution is 2.35. The van der Waals surface area contributed by atoms with Gasteiger partial charge >= 0.3 is 0 Å². The van der Waals surface area contributed by atoms with Crippen LogP contribution in [-0.2, 0) is 0 Å². The smallest absolute Gasteiger partial charge is 0.253 e. The molecular weight excluding hydrogens is 401 g/mol. The van der Waals surface area contributed by atoms with Gasteiger partial charge in [0.2, 0.25) is 0 Å². The minimum atomic E-state index is -0.363. The Hall–Kier alpha value is -0.960. The number of nitrogens with two attached hydrogens (primary N) is 1. The quantitative estimate of drug-likeness (QED) is 0.259. The average Bonchev–Trinajstić information content (AvgIpc) is 2.54. The fourth-order valence-electron chi connectivity index (χ4n) is 2.50. The molecule has 2 rings (SSSR count). The van der Waals surface area contributed by atoms with E-state index in [-0.39, 0.29) is 16.5 Å². The molecule has 1 aliphatic heterocycles. The summed E-state index contributed by atoms with van der Waals surface area (Å²) >= 11 is 3.80. The molecule has 1 aromatic carbocycles. The summed E-state index contributed by atoms with van der Waals surface area (Å²) in [6.45, 7) is 1.23. The Labute approximate surface area is 142 Å². The molecule has 1 aliphatic rings. The summed E-state index contributed by atoms with van der Waals surface area (Å²) in [5.41, 5.74) is 6.52. The second kappa shape index (κ2) is 6.87. The van der Waals surface area contributed by atoms with Crippen LogP contribution in [0.4, 0.5) is 0 Å². The normalized spacial score (nSPS) is 18.6. The number of halogens is 1. The van der Waals surface area contributed by atoms with E-state index in [1.54, 1.807) is 11.8 Å². The van der Waals surface area contributed by atoms with Crippen molar-refractivity contribution in [3.63, 3.8) is 0 Å². The Morgan fingerprint density at radius 2 is 1.95 bits per heavy atom. The van der Waals surface area contributed by atoms with Crippen LogP contribution in [-0.4, -0.2) is 45.9 Å². The number of amidine groups is 1. The van der Waals surface area contributed by atoms with Gasteiger partial charge in [-0.25, -0.2) is 0 Å². The number of piperidine rings is 1. The highest BCUT2D eigenvalue weighted by Gasteiger charge is 2.39. The van der Waals surface area contributed by atoms with E-state index in [4.69, 9.17) is 10.9 Å². The number of likely N-dealkylation sites (tertiary alicyclic amines) is 1. The van der Waals surface area contributed by atoms with Crippen LogP contribution in [0, 0.1) is 3.57 Å². The zero-order valence-electron chi connectivity index (χ0n) is 11.8. The maximum absolute atomic E-state index is 12.5. The standard InChI is InChI=1S/C14H18IN3O2S/c1-21-14(13(16)17-20)6-8-18(9-7-14)12(19)10-2-4-11(15)5-3-10/h2-5,20H,6-9H2,1H3,(H2,16,17). The van der Waals surface area contributed by atoms with Crippen molar-refractivity contribution in [3.05, 3.63) is 33.4 Å². The molecule has 1 fully saturated rings. The number of carbonyl (C=O) groups excluding carboxylic acids is 1. The lowest BCUT2D eigenvalue weighted by Gasteiger charge is -2.39. The number of oxime groups is 1. The van der Waals surface area contributed by atoms with Crippen molar-refractivity contribution >= 4 is 46.1 Å². The Kier molecular flexibility index (Phi) is 5.37. The SMILES string of the molecule is CSC1(C(N)=NO)CCN(C(=O)c2ccc(I)cc2)CC1. The van der Waals surface area contributed by atoms with Crippen LogP contribution in [0.1, 0.15) is 23.2 Å². The van der Waals surface area contributed by atoms with Crippen molar-refractivity contribution in [1.82, 2.24) is 4.90 Å². The molecule has 114 valence electrons. The van der Waals surface area contributed by atoms with Crippen molar-refractivity contribution in [2.24, 2.45) is 10.9 Å². The van der Waals surface area contributed by atoms with E-state index in [2.05, 4.69) is 27.7 Å². The molecule has 1 heterocycles. The molecule has 0 aliphatic carbocycles. The van der Waals surface area contributed by atoms with Crippen LogP contribution in [0.5, 0.6) is 0 Å². The maximum Gasteiger partial charge on any atom is 0.253 e. The number of nitrogens with zero attached hydrogens (tertiary/aromatic N) is 2. The monoisotopic (exact) mass is 419 g/mol. The van der Waals surface area contributed by atoms with Gasteiger partial charge < -0.3 is 15.8 Å². The molecule has 1 aromatic rings. The van der Waals surface area contributed by atoms with Gasteiger partial charge in [-0.2, -0.15) is 11.8 Å². The van der Waals surface area contributed by atoms with Crippen molar-refractivity contribution in [3.8, 4) is 0 Å². The second-order valence-electron chi connectivity index (χ2n) is 4.98. The summed E-state index contributed by atoms with van der Waals surface area (Å²) in [6, 6.07) is 7.56. The molecule has 0 bridgehead atoms. The third-order valence-corrected chi connectivity index (χ3v) is 6.03. The Morgan fingerprint density at radius 1 is 1.38 bits per heavy atom. The maximum atomic E-state index is 12.5. The molecule has 3 N–H and O–H groups in total. The summed E-state index contributed by atoms with van der Waals surface area (Å²) in [5, 5.41) is 12.1. The van der Waals surface area contributed by atoms with Crippen molar-refractivity contribution in [2.45, 2.75) is 17.6 Å². The summed E-state index contributed by atoms with van der Waals surface area (Å²) in [4.78, 5) is 14.3. The second-order valence-corrected chi connectivity index (χ2v) is 7.42. The third kappa shape index (κ3) is 3.45. The Bertz CT molecular complexity index is 540. The first-order valence-corrected chi connectivity index (χ1v) is 8.91. The number of hydrogen-bond acceptors (Lipinski definition) is 4. The fraction of sp³-hybridized carbons (Fsp3) is 0.429. The molecule has 0 aromatic heterocycles. The molecule has 0 spiro atoms. The third-order valence-electron chi connectivity index (χ3n) is 3.91. The molecule has 0 atom stereocenters. The number of hydrogen-bond donors (Lipinski definition) is 2. The lowest BCUT2D eigenvalue weighted by atomic mass is 9.94. The minimum Gasteiger partial charge on any atom is -0.409 e. The lowest BCUT2D eigenvalue weighted by molar-refractivity contribution is 0.0718. The number of rotatable bonds is 3. The van der Waals surface area contributed by atoms with Crippen LogP contribution in [0.2, 0.25) is 0 Å². The van der Waals surface area contributed by atoms with Gasteiger partial charge in [0.25, 0.3) is 5.91 Å². The molecule has 0 saturated carbocycles. The predicted octanol–water partition coefficient (Wildman–Crippen LogP) is 2.38. The average molecular weight is 419 g/mol. The summed E-state index contributed by atoms with van der Waals surface area (Å²) in [5.74, 6) is 0.289. The topological polar surface area (TPSA) is 78.9 Å². The molecular formula is C14H18IN3O2S. The molecule has 1 saturated heterocycles. The van der Waals surface area contributed by atoms with Gasteiger partial charge in [0.05, 0.1) is 4.75 Å². The molecule has 21 heavy (non-hydrogen) atoms.